The van der Waals surface area contributed by atoms with E-state index in [0.717, 1.165) is 10.8 Å². The molecule has 0 aliphatic carbocycles. The maximum atomic E-state index is 12.6. The summed E-state index contributed by atoms with van der Waals surface area (Å²) in [5.74, 6) is -0.909. The standard InChI is InChI=1S/C21H22BrN7O5S/c1-3-28(4-2)35(33,34)17-11-9-16(10-12-17)25-19-18(29(31)32)20(24-13-23-19)26-27-21(30)14-5-7-15(22)8-6-14/h5-13H,3-4H2,1-2H3,(H,27,30)(H2,23,24,25,26). The monoisotopic (exact) mass is 563 g/mol. The molecule has 3 rings (SSSR count). The van der Waals surface area contributed by atoms with Gasteiger partial charge in [-0.05, 0) is 48.5 Å². The highest BCUT2D eigenvalue weighted by Gasteiger charge is 2.25. The number of hydrogen-bond acceptors (Lipinski definition) is 9. The summed E-state index contributed by atoms with van der Waals surface area (Å²) < 4.78 is 27.4. The molecule has 3 N–H and O–H groups in total. The summed E-state index contributed by atoms with van der Waals surface area (Å²) in [5.41, 5.74) is 5.02. The predicted molar refractivity (Wildman–Crippen MR) is 134 cm³/mol. The van der Waals surface area contributed by atoms with Crippen LogP contribution in [0.1, 0.15) is 24.2 Å². The van der Waals surface area contributed by atoms with Crippen LogP contribution in [0.3, 0.4) is 0 Å². The second kappa shape index (κ2) is 11.2. The molecule has 0 aliphatic rings. The highest BCUT2D eigenvalue weighted by molar-refractivity contribution is 9.10. The van der Waals surface area contributed by atoms with Gasteiger partial charge in [-0.15, -0.1) is 0 Å². The summed E-state index contributed by atoms with van der Waals surface area (Å²) in [6.07, 6.45) is 1.09. The Kier molecular flexibility index (Phi) is 8.32. The molecule has 0 radical (unpaired) electrons. The average Bonchev–Trinajstić information content (AvgIpc) is 2.83. The van der Waals surface area contributed by atoms with Crippen LogP contribution in [-0.4, -0.2) is 46.6 Å². The van der Waals surface area contributed by atoms with Crippen molar-refractivity contribution < 1.29 is 18.1 Å². The van der Waals surface area contributed by atoms with Gasteiger partial charge >= 0.3 is 5.69 Å². The minimum Gasteiger partial charge on any atom is -0.334 e. The van der Waals surface area contributed by atoms with E-state index in [9.17, 15) is 23.3 Å². The number of halogens is 1. The third kappa shape index (κ3) is 6.09. The topological polar surface area (TPSA) is 159 Å². The third-order valence-electron chi connectivity index (χ3n) is 4.87. The fourth-order valence-corrected chi connectivity index (χ4v) is 4.81. The summed E-state index contributed by atoms with van der Waals surface area (Å²) in [6, 6.07) is 12.3. The number of nitrogens with one attached hydrogen (secondary N) is 3. The second-order valence-corrected chi connectivity index (χ2v) is 9.85. The van der Waals surface area contributed by atoms with Gasteiger partial charge in [-0.3, -0.25) is 25.8 Å². The van der Waals surface area contributed by atoms with E-state index in [0.29, 0.717) is 24.3 Å². The van der Waals surface area contributed by atoms with Crippen LogP contribution in [0.5, 0.6) is 0 Å². The zero-order chi connectivity index (χ0) is 25.6. The zero-order valence-corrected chi connectivity index (χ0v) is 21.1. The lowest BCUT2D eigenvalue weighted by molar-refractivity contribution is -0.383. The lowest BCUT2D eigenvalue weighted by Crippen LogP contribution is -2.30. The Morgan fingerprint density at radius 1 is 1.03 bits per heavy atom. The molecule has 0 spiro atoms. The number of benzene rings is 2. The number of rotatable bonds is 10. The Morgan fingerprint density at radius 2 is 1.63 bits per heavy atom. The molecule has 1 amide bonds. The van der Waals surface area contributed by atoms with Crippen molar-refractivity contribution in [3.8, 4) is 0 Å². The van der Waals surface area contributed by atoms with Crippen molar-refractivity contribution >= 4 is 54.9 Å². The summed E-state index contributed by atoms with van der Waals surface area (Å²) in [7, 11) is -3.64. The van der Waals surface area contributed by atoms with Gasteiger partial charge in [0.05, 0.1) is 9.82 Å². The van der Waals surface area contributed by atoms with Gasteiger partial charge in [0.1, 0.15) is 6.33 Å². The number of nitrogens with zero attached hydrogens (tertiary/aromatic N) is 4. The highest BCUT2D eigenvalue weighted by atomic mass is 79.9. The summed E-state index contributed by atoms with van der Waals surface area (Å²) in [6.45, 7) is 4.16. The molecule has 0 saturated heterocycles. The summed E-state index contributed by atoms with van der Waals surface area (Å²) in [4.78, 5) is 31.3. The predicted octanol–water partition coefficient (Wildman–Crippen LogP) is 3.68. The highest BCUT2D eigenvalue weighted by Crippen LogP contribution is 2.31. The first kappa shape index (κ1) is 26.0. The molecular weight excluding hydrogens is 542 g/mol. The number of hydrazine groups is 1. The van der Waals surface area contributed by atoms with E-state index in [-0.39, 0.29) is 16.5 Å². The molecule has 3 aromatic rings. The van der Waals surface area contributed by atoms with Gasteiger partial charge in [-0.1, -0.05) is 29.8 Å². The average molecular weight is 564 g/mol. The van der Waals surface area contributed by atoms with E-state index in [4.69, 9.17) is 0 Å². The van der Waals surface area contributed by atoms with Gasteiger partial charge in [-0.2, -0.15) is 4.31 Å². The van der Waals surface area contributed by atoms with Crippen molar-refractivity contribution in [2.24, 2.45) is 0 Å². The fraction of sp³-hybridized carbons (Fsp3) is 0.190. The number of carbonyl (C=O) groups is 1. The Labute approximate surface area is 210 Å². The molecule has 2 aromatic carbocycles. The van der Waals surface area contributed by atoms with Crippen LogP contribution in [0.25, 0.3) is 0 Å². The molecule has 0 saturated carbocycles. The van der Waals surface area contributed by atoms with E-state index < -0.39 is 26.5 Å². The summed E-state index contributed by atoms with van der Waals surface area (Å²) in [5, 5.41) is 14.6. The minimum atomic E-state index is -3.64. The minimum absolute atomic E-state index is 0.0990. The van der Waals surface area contributed by atoms with Crippen molar-refractivity contribution in [2.75, 3.05) is 23.8 Å². The van der Waals surface area contributed by atoms with Crippen molar-refractivity contribution in [1.29, 1.82) is 0 Å². The lowest BCUT2D eigenvalue weighted by Gasteiger charge is -2.18. The third-order valence-corrected chi connectivity index (χ3v) is 7.46. The van der Waals surface area contributed by atoms with Crippen molar-refractivity contribution in [2.45, 2.75) is 18.7 Å². The van der Waals surface area contributed by atoms with E-state index in [1.54, 1.807) is 38.1 Å². The quantitative estimate of drug-likeness (QED) is 0.247. The van der Waals surface area contributed by atoms with Crippen LogP contribution in [-0.2, 0) is 10.0 Å². The molecule has 0 fully saturated rings. The number of nitro groups is 1. The summed E-state index contributed by atoms with van der Waals surface area (Å²) >= 11 is 3.28. The van der Waals surface area contributed by atoms with E-state index in [1.807, 2.05) is 0 Å². The van der Waals surface area contributed by atoms with Crippen LogP contribution in [0.15, 0.2) is 64.2 Å². The van der Waals surface area contributed by atoms with Crippen molar-refractivity contribution in [3.05, 3.63) is 75.0 Å². The molecule has 0 unspecified atom stereocenters. The first-order valence-corrected chi connectivity index (χ1v) is 12.6. The van der Waals surface area contributed by atoms with E-state index in [2.05, 4.69) is 42.1 Å². The Morgan fingerprint density at radius 3 is 2.20 bits per heavy atom. The molecule has 0 bridgehead atoms. The molecule has 184 valence electrons. The van der Waals surface area contributed by atoms with Gasteiger partial charge in [0, 0.05) is 28.8 Å². The van der Waals surface area contributed by atoms with Gasteiger partial charge in [0.2, 0.25) is 21.7 Å². The molecule has 35 heavy (non-hydrogen) atoms. The van der Waals surface area contributed by atoms with Gasteiger partial charge < -0.3 is 5.32 Å². The first-order valence-electron chi connectivity index (χ1n) is 10.4. The maximum absolute atomic E-state index is 12.6. The smallest absolute Gasteiger partial charge is 0.334 e. The van der Waals surface area contributed by atoms with E-state index >= 15 is 0 Å². The Balaban J connectivity index is 1.80. The lowest BCUT2D eigenvalue weighted by atomic mass is 10.2. The SMILES string of the molecule is CCN(CC)S(=O)(=O)c1ccc(Nc2ncnc(NNC(=O)c3ccc(Br)cc3)c2[N+](=O)[O-])cc1. The largest absolute Gasteiger partial charge is 0.355 e. The molecular formula is C21H22BrN7O5S. The van der Waals surface area contributed by atoms with Crippen LogP contribution < -0.4 is 16.2 Å². The number of hydrogen-bond donors (Lipinski definition) is 3. The molecule has 0 aliphatic heterocycles. The molecule has 1 aromatic heterocycles. The van der Waals surface area contributed by atoms with Crippen molar-refractivity contribution in [1.82, 2.24) is 19.7 Å². The number of carbonyl (C=O) groups excluding carboxylic acids is 1. The Bertz CT molecular complexity index is 1310. The molecule has 1 heterocycles. The van der Waals surface area contributed by atoms with Crippen LogP contribution in [0.2, 0.25) is 0 Å². The van der Waals surface area contributed by atoms with Gasteiger partial charge in [-0.25, -0.2) is 18.4 Å². The number of amides is 1. The number of aromatic nitrogens is 2. The molecule has 12 nitrogen and oxygen atoms in total. The van der Waals surface area contributed by atoms with Gasteiger partial charge in [0.15, 0.2) is 0 Å². The molecule has 14 heteroatoms. The normalized spacial score (nSPS) is 11.2. The first-order chi connectivity index (χ1) is 16.7. The second-order valence-electron chi connectivity index (χ2n) is 7.00. The van der Waals surface area contributed by atoms with Crippen LogP contribution >= 0.6 is 15.9 Å². The van der Waals surface area contributed by atoms with Crippen LogP contribution in [0, 0.1) is 10.1 Å². The van der Waals surface area contributed by atoms with Crippen molar-refractivity contribution in [3.63, 3.8) is 0 Å². The maximum Gasteiger partial charge on any atom is 0.355 e. The fourth-order valence-electron chi connectivity index (χ4n) is 3.08. The van der Waals surface area contributed by atoms with E-state index in [1.165, 1.54) is 28.6 Å². The number of anilines is 3. The van der Waals surface area contributed by atoms with Gasteiger partial charge in [0.25, 0.3) is 5.91 Å². The molecule has 0 atom stereocenters. The zero-order valence-electron chi connectivity index (χ0n) is 18.7. The Hall–Kier alpha value is -3.62. The van der Waals surface area contributed by atoms with Crippen LogP contribution in [0.4, 0.5) is 23.0 Å². The number of sulfonamides is 1.